The number of fused-ring (bicyclic) bond motifs is 1. The summed E-state index contributed by atoms with van der Waals surface area (Å²) >= 11 is 0. The second-order valence-corrected chi connectivity index (χ2v) is 3.78. The van der Waals surface area contributed by atoms with Crippen molar-refractivity contribution in [3.05, 3.63) is 30.0 Å². The summed E-state index contributed by atoms with van der Waals surface area (Å²) in [5.74, 6) is 0. The first kappa shape index (κ1) is 10.2. The lowest BCUT2D eigenvalue weighted by molar-refractivity contribution is 0.189. The maximum absolute atomic E-state index is 5.03. The van der Waals surface area contributed by atoms with Crippen molar-refractivity contribution in [1.29, 1.82) is 0 Å². The zero-order chi connectivity index (χ0) is 10.7. The predicted molar refractivity (Wildman–Crippen MR) is 61.0 cm³/mol. The predicted octanol–water partition coefficient (Wildman–Crippen LogP) is 2.38. The van der Waals surface area contributed by atoms with E-state index in [1.165, 1.54) is 16.5 Å². The van der Waals surface area contributed by atoms with Gasteiger partial charge in [0.05, 0.1) is 11.7 Å². The number of hydrogen-bond donors (Lipinski definition) is 0. The smallest absolute Gasteiger partial charge is 0.0685 e. The Morgan fingerprint density at radius 1 is 1.40 bits per heavy atom. The van der Waals surface area contributed by atoms with Crippen molar-refractivity contribution >= 4 is 10.9 Å². The molecule has 0 N–H and O–H groups in total. The first-order chi connectivity index (χ1) is 7.31. The SMILES string of the molecule is COCCCn1ncc2ccc(C)cc21. The maximum atomic E-state index is 5.03. The van der Waals surface area contributed by atoms with Crippen molar-refractivity contribution in [1.82, 2.24) is 9.78 Å². The molecule has 1 aromatic carbocycles. The van der Waals surface area contributed by atoms with Gasteiger partial charge < -0.3 is 4.74 Å². The van der Waals surface area contributed by atoms with Crippen LogP contribution >= 0.6 is 0 Å². The number of methoxy groups -OCH3 is 1. The fourth-order valence-electron chi connectivity index (χ4n) is 1.72. The van der Waals surface area contributed by atoms with Crippen molar-refractivity contribution in [3.63, 3.8) is 0 Å². The van der Waals surface area contributed by atoms with Crippen LogP contribution in [-0.4, -0.2) is 23.5 Å². The summed E-state index contributed by atoms with van der Waals surface area (Å²) in [6.07, 6.45) is 2.92. The molecular formula is C12H16N2O. The van der Waals surface area contributed by atoms with Crippen LogP contribution in [0.4, 0.5) is 0 Å². The van der Waals surface area contributed by atoms with E-state index in [1.807, 2.05) is 10.9 Å². The molecule has 0 amide bonds. The summed E-state index contributed by atoms with van der Waals surface area (Å²) in [5.41, 5.74) is 2.49. The molecule has 3 nitrogen and oxygen atoms in total. The first-order valence-corrected chi connectivity index (χ1v) is 5.22. The average molecular weight is 204 g/mol. The van der Waals surface area contributed by atoms with Gasteiger partial charge in [-0.15, -0.1) is 0 Å². The molecule has 3 heteroatoms. The molecule has 0 radical (unpaired) electrons. The molecule has 0 spiro atoms. The van der Waals surface area contributed by atoms with E-state index >= 15 is 0 Å². The molecule has 0 aliphatic heterocycles. The molecule has 0 bridgehead atoms. The topological polar surface area (TPSA) is 27.1 Å². The molecule has 0 atom stereocenters. The molecule has 0 aliphatic rings. The van der Waals surface area contributed by atoms with E-state index in [2.05, 4.69) is 30.2 Å². The lowest BCUT2D eigenvalue weighted by Crippen LogP contribution is -2.02. The Hall–Kier alpha value is -1.35. The van der Waals surface area contributed by atoms with E-state index in [0.29, 0.717) is 0 Å². The summed E-state index contributed by atoms with van der Waals surface area (Å²) in [4.78, 5) is 0. The zero-order valence-electron chi connectivity index (χ0n) is 9.23. The third-order valence-electron chi connectivity index (χ3n) is 2.52. The lowest BCUT2D eigenvalue weighted by atomic mass is 10.2. The van der Waals surface area contributed by atoms with E-state index in [4.69, 9.17) is 4.74 Å². The number of nitrogens with zero attached hydrogens (tertiary/aromatic N) is 2. The highest BCUT2D eigenvalue weighted by Gasteiger charge is 2.01. The normalized spacial score (nSPS) is 11.1. The van der Waals surface area contributed by atoms with Crippen molar-refractivity contribution in [2.75, 3.05) is 13.7 Å². The van der Waals surface area contributed by atoms with E-state index in [9.17, 15) is 0 Å². The van der Waals surface area contributed by atoms with Gasteiger partial charge in [0.1, 0.15) is 0 Å². The molecule has 1 aromatic heterocycles. The van der Waals surface area contributed by atoms with Gasteiger partial charge in [-0.3, -0.25) is 4.68 Å². The quantitative estimate of drug-likeness (QED) is 0.715. The summed E-state index contributed by atoms with van der Waals surface area (Å²) < 4.78 is 7.08. The summed E-state index contributed by atoms with van der Waals surface area (Å²) in [6, 6.07) is 6.41. The summed E-state index contributed by atoms with van der Waals surface area (Å²) in [6.45, 7) is 3.81. The highest BCUT2D eigenvalue weighted by molar-refractivity contribution is 5.79. The number of aromatic nitrogens is 2. The van der Waals surface area contributed by atoms with Gasteiger partial charge in [-0.05, 0) is 25.0 Å². The maximum Gasteiger partial charge on any atom is 0.0685 e. The number of ether oxygens (including phenoxy) is 1. The van der Waals surface area contributed by atoms with E-state index in [1.54, 1.807) is 7.11 Å². The van der Waals surface area contributed by atoms with Crippen LogP contribution in [0.5, 0.6) is 0 Å². The van der Waals surface area contributed by atoms with Gasteiger partial charge in [0, 0.05) is 25.6 Å². The van der Waals surface area contributed by atoms with Crippen molar-refractivity contribution in [2.45, 2.75) is 19.9 Å². The van der Waals surface area contributed by atoms with Crippen LogP contribution in [0.1, 0.15) is 12.0 Å². The van der Waals surface area contributed by atoms with Crippen LogP contribution in [0.15, 0.2) is 24.4 Å². The highest BCUT2D eigenvalue weighted by Crippen LogP contribution is 2.15. The first-order valence-electron chi connectivity index (χ1n) is 5.22. The highest BCUT2D eigenvalue weighted by atomic mass is 16.5. The Bertz CT molecular complexity index is 448. The summed E-state index contributed by atoms with van der Waals surface area (Å²) in [7, 11) is 1.73. The molecule has 15 heavy (non-hydrogen) atoms. The second kappa shape index (κ2) is 4.45. The van der Waals surface area contributed by atoms with Gasteiger partial charge in [-0.25, -0.2) is 0 Å². The third-order valence-corrected chi connectivity index (χ3v) is 2.52. The number of aryl methyl sites for hydroxylation is 2. The van der Waals surface area contributed by atoms with Gasteiger partial charge >= 0.3 is 0 Å². The van der Waals surface area contributed by atoms with Crippen LogP contribution in [-0.2, 0) is 11.3 Å². The van der Waals surface area contributed by atoms with Gasteiger partial charge in [0.25, 0.3) is 0 Å². The minimum atomic E-state index is 0.785. The number of rotatable bonds is 4. The van der Waals surface area contributed by atoms with Crippen LogP contribution < -0.4 is 0 Å². The Labute approximate surface area is 89.7 Å². The molecule has 0 unspecified atom stereocenters. The number of benzene rings is 1. The Morgan fingerprint density at radius 2 is 2.27 bits per heavy atom. The summed E-state index contributed by atoms with van der Waals surface area (Å²) in [5, 5.41) is 5.58. The Balaban J connectivity index is 2.23. The average Bonchev–Trinajstić information content (AvgIpc) is 2.62. The number of hydrogen-bond acceptors (Lipinski definition) is 2. The molecule has 2 aromatic rings. The van der Waals surface area contributed by atoms with Crippen LogP contribution in [0.2, 0.25) is 0 Å². The molecule has 0 aliphatic carbocycles. The third kappa shape index (κ3) is 2.18. The zero-order valence-corrected chi connectivity index (χ0v) is 9.23. The lowest BCUT2D eigenvalue weighted by Gasteiger charge is -2.03. The molecular weight excluding hydrogens is 188 g/mol. The fourth-order valence-corrected chi connectivity index (χ4v) is 1.72. The standard InChI is InChI=1S/C12H16N2O/c1-10-4-5-11-9-13-14(12(11)8-10)6-3-7-15-2/h4-5,8-9H,3,6-7H2,1-2H3. The van der Waals surface area contributed by atoms with Crippen molar-refractivity contribution in [3.8, 4) is 0 Å². The fraction of sp³-hybridized carbons (Fsp3) is 0.417. The van der Waals surface area contributed by atoms with Gasteiger partial charge in [0.2, 0.25) is 0 Å². The van der Waals surface area contributed by atoms with Crippen LogP contribution in [0.3, 0.4) is 0 Å². The van der Waals surface area contributed by atoms with Crippen molar-refractivity contribution < 1.29 is 4.74 Å². The largest absolute Gasteiger partial charge is 0.385 e. The minimum Gasteiger partial charge on any atom is -0.385 e. The van der Waals surface area contributed by atoms with Gasteiger partial charge in [-0.2, -0.15) is 5.10 Å². The minimum absolute atomic E-state index is 0.785. The van der Waals surface area contributed by atoms with Gasteiger partial charge in [-0.1, -0.05) is 12.1 Å². The molecule has 80 valence electrons. The van der Waals surface area contributed by atoms with Crippen LogP contribution in [0.25, 0.3) is 10.9 Å². The van der Waals surface area contributed by atoms with Crippen LogP contribution in [0, 0.1) is 6.92 Å². The monoisotopic (exact) mass is 204 g/mol. The van der Waals surface area contributed by atoms with E-state index in [0.717, 1.165) is 19.6 Å². The Kier molecular flexibility index (Phi) is 3.02. The van der Waals surface area contributed by atoms with Crippen molar-refractivity contribution in [2.24, 2.45) is 0 Å². The van der Waals surface area contributed by atoms with Gasteiger partial charge in [0.15, 0.2) is 0 Å². The molecule has 0 fully saturated rings. The Morgan fingerprint density at radius 3 is 3.07 bits per heavy atom. The molecule has 2 rings (SSSR count). The van der Waals surface area contributed by atoms with E-state index < -0.39 is 0 Å². The molecule has 0 saturated heterocycles. The van der Waals surface area contributed by atoms with E-state index in [-0.39, 0.29) is 0 Å². The second-order valence-electron chi connectivity index (χ2n) is 3.78. The molecule has 0 saturated carbocycles. The molecule has 1 heterocycles.